The molecule has 1 aromatic heterocycles. The van der Waals surface area contributed by atoms with Crippen LogP contribution in [-0.4, -0.2) is 10.9 Å². The number of hydrogen-bond acceptors (Lipinski definition) is 3. The van der Waals surface area contributed by atoms with E-state index in [4.69, 9.17) is 0 Å². The van der Waals surface area contributed by atoms with Crippen LogP contribution in [0.4, 0.5) is 5.13 Å². The Labute approximate surface area is 129 Å². The second-order valence-electron chi connectivity index (χ2n) is 5.46. The molecule has 0 saturated carbocycles. The number of anilines is 1. The second-order valence-corrected chi connectivity index (χ2v) is 6.54. The zero-order valence-corrected chi connectivity index (χ0v) is 13.1. The molecule has 0 spiro atoms. The van der Waals surface area contributed by atoms with E-state index in [1.165, 1.54) is 23.4 Å². The molecule has 1 aliphatic carbocycles. The quantitative estimate of drug-likeness (QED) is 0.921. The third-order valence-electron chi connectivity index (χ3n) is 4.00. The predicted molar refractivity (Wildman–Crippen MR) is 86.9 cm³/mol. The van der Waals surface area contributed by atoms with Crippen molar-refractivity contribution in [2.24, 2.45) is 0 Å². The highest BCUT2D eigenvalue weighted by atomic mass is 32.1. The Kier molecular flexibility index (Phi) is 4.34. The molecular formula is C17H20N2OS. The second kappa shape index (κ2) is 6.39. The van der Waals surface area contributed by atoms with Crippen LogP contribution in [0.3, 0.4) is 0 Å². The normalized spacial score (nSPS) is 15.3. The summed E-state index contributed by atoms with van der Waals surface area (Å²) in [6.45, 7) is 2.05. The van der Waals surface area contributed by atoms with E-state index in [1.807, 2.05) is 37.3 Å². The molecule has 0 aliphatic heterocycles. The highest BCUT2D eigenvalue weighted by Crippen LogP contribution is 2.30. The Hall–Kier alpha value is -1.68. The smallest absolute Gasteiger partial charge is 0.233 e. The Bertz CT molecular complexity index is 597. The molecule has 2 aromatic rings. The summed E-state index contributed by atoms with van der Waals surface area (Å²) < 4.78 is 0. The van der Waals surface area contributed by atoms with E-state index in [1.54, 1.807) is 11.3 Å². The first-order valence-corrected chi connectivity index (χ1v) is 8.44. The first-order valence-electron chi connectivity index (χ1n) is 7.62. The number of thiazole rings is 1. The van der Waals surface area contributed by atoms with Gasteiger partial charge >= 0.3 is 0 Å². The monoisotopic (exact) mass is 300 g/mol. The molecule has 1 aliphatic rings. The minimum Gasteiger partial charge on any atom is -0.301 e. The molecule has 0 fully saturated rings. The van der Waals surface area contributed by atoms with E-state index < -0.39 is 0 Å². The highest BCUT2D eigenvalue weighted by Gasteiger charge is 2.21. The number of nitrogens with one attached hydrogen (secondary N) is 1. The molecule has 21 heavy (non-hydrogen) atoms. The van der Waals surface area contributed by atoms with Crippen molar-refractivity contribution in [3.8, 4) is 0 Å². The number of aryl methyl sites for hydroxylation is 2. The number of carbonyl (C=O) groups excluding carboxylic acids is 1. The van der Waals surface area contributed by atoms with E-state index >= 15 is 0 Å². The van der Waals surface area contributed by atoms with Crippen LogP contribution in [0.25, 0.3) is 0 Å². The summed E-state index contributed by atoms with van der Waals surface area (Å²) >= 11 is 1.64. The summed E-state index contributed by atoms with van der Waals surface area (Å²) in [4.78, 5) is 18.5. The topological polar surface area (TPSA) is 42.0 Å². The summed E-state index contributed by atoms with van der Waals surface area (Å²) in [6.07, 6.45) is 5.41. The number of benzene rings is 1. The van der Waals surface area contributed by atoms with Gasteiger partial charge in [-0.25, -0.2) is 4.98 Å². The van der Waals surface area contributed by atoms with Crippen molar-refractivity contribution in [2.45, 2.75) is 44.9 Å². The molecule has 3 rings (SSSR count). The number of hydrogen-bond donors (Lipinski definition) is 1. The maximum Gasteiger partial charge on any atom is 0.233 e. The number of amides is 1. The van der Waals surface area contributed by atoms with Crippen molar-refractivity contribution < 1.29 is 4.79 Å². The summed E-state index contributed by atoms with van der Waals surface area (Å²) in [5.74, 6) is -0.0538. The van der Waals surface area contributed by atoms with Crippen molar-refractivity contribution in [2.75, 3.05) is 5.32 Å². The van der Waals surface area contributed by atoms with Gasteiger partial charge in [0, 0.05) is 4.88 Å². The summed E-state index contributed by atoms with van der Waals surface area (Å²) in [6, 6.07) is 9.96. The summed E-state index contributed by atoms with van der Waals surface area (Å²) in [5.41, 5.74) is 2.26. The van der Waals surface area contributed by atoms with Gasteiger partial charge in [0.05, 0.1) is 11.6 Å². The van der Waals surface area contributed by atoms with E-state index in [-0.39, 0.29) is 11.8 Å². The van der Waals surface area contributed by atoms with Gasteiger partial charge < -0.3 is 5.32 Å². The molecule has 110 valence electrons. The SMILES string of the molecule is CCC(C(=O)Nc1nc2c(s1)CCCC2)c1ccccc1. The van der Waals surface area contributed by atoms with Crippen LogP contribution in [0, 0.1) is 0 Å². The zero-order chi connectivity index (χ0) is 14.7. The molecule has 1 N–H and O–H groups in total. The lowest BCUT2D eigenvalue weighted by atomic mass is 9.96. The van der Waals surface area contributed by atoms with Crippen molar-refractivity contribution in [1.29, 1.82) is 0 Å². The molecule has 0 saturated heterocycles. The third-order valence-corrected chi connectivity index (χ3v) is 5.08. The number of aromatic nitrogens is 1. The molecule has 1 aromatic carbocycles. The zero-order valence-electron chi connectivity index (χ0n) is 12.3. The molecule has 3 nitrogen and oxygen atoms in total. The Morgan fingerprint density at radius 2 is 2.05 bits per heavy atom. The lowest BCUT2D eigenvalue weighted by Crippen LogP contribution is -2.20. The fourth-order valence-electron chi connectivity index (χ4n) is 2.86. The van der Waals surface area contributed by atoms with Crippen LogP contribution in [0.2, 0.25) is 0 Å². The van der Waals surface area contributed by atoms with Gasteiger partial charge in [-0.2, -0.15) is 0 Å². The number of nitrogens with zero attached hydrogens (tertiary/aromatic N) is 1. The fourth-order valence-corrected chi connectivity index (χ4v) is 3.91. The van der Waals surface area contributed by atoms with Gasteiger partial charge in [-0.1, -0.05) is 37.3 Å². The molecule has 1 atom stereocenters. The fraction of sp³-hybridized carbons (Fsp3) is 0.412. The van der Waals surface area contributed by atoms with Gasteiger partial charge in [-0.15, -0.1) is 11.3 Å². The van der Waals surface area contributed by atoms with Crippen LogP contribution < -0.4 is 5.32 Å². The average Bonchev–Trinajstić information content (AvgIpc) is 2.91. The maximum absolute atomic E-state index is 12.5. The van der Waals surface area contributed by atoms with Crippen molar-refractivity contribution in [1.82, 2.24) is 4.98 Å². The molecule has 4 heteroatoms. The average molecular weight is 300 g/mol. The van der Waals surface area contributed by atoms with Crippen molar-refractivity contribution in [3.63, 3.8) is 0 Å². The number of rotatable bonds is 4. The van der Waals surface area contributed by atoms with Crippen LogP contribution in [0.1, 0.15) is 48.2 Å². The molecule has 0 bridgehead atoms. The minimum atomic E-state index is -0.105. The lowest BCUT2D eigenvalue weighted by Gasteiger charge is -2.14. The van der Waals surface area contributed by atoms with Gasteiger partial charge in [0.2, 0.25) is 5.91 Å². The standard InChI is InChI=1S/C17H20N2OS/c1-2-13(12-8-4-3-5-9-12)16(20)19-17-18-14-10-6-7-11-15(14)21-17/h3-5,8-9,13H,2,6-7,10-11H2,1H3,(H,18,19,20). The lowest BCUT2D eigenvalue weighted by molar-refractivity contribution is -0.117. The summed E-state index contributed by atoms with van der Waals surface area (Å²) in [7, 11) is 0. The molecule has 1 unspecified atom stereocenters. The van der Waals surface area contributed by atoms with Gasteiger partial charge in [0.1, 0.15) is 0 Å². The van der Waals surface area contributed by atoms with E-state index in [2.05, 4.69) is 10.3 Å². The molecule has 1 heterocycles. The first kappa shape index (κ1) is 14.3. The van der Waals surface area contributed by atoms with E-state index in [9.17, 15) is 4.79 Å². The van der Waals surface area contributed by atoms with Gasteiger partial charge in [0.25, 0.3) is 0 Å². The van der Waals surface area contributed by atoms with Gasteiger partial charge in [0.15, 0.2) is 5.13 Å². The van der Waals surface area contributed by atoms with Crippen LogP contribution >= 0.6 is 11.3 Å². The molecular weight excluding hydrogens is 280 g/mol. The maximum atomic E-state index is 12.5. The number of carbonyl (C=O) groups is 1. The van der Waals surface area contributed by atoms with Crippen molar-refractivity contribution >= 4 is 22.4 Å². The molecule has 1 amide bonds. The predicted octanol–water partition coefficient (Wildman–Crippen LogP) is 4.15. The van der Waals surface area contributed by atoms with E-state index in [0.717, 1.165) is 30.0 Å². The van der Waals surface area contributed by atoms with Gasteiger partial charge in [-0.05, 0) is 37.7 Å². The number of fused-ring (bicyclic) bond motifs is 1. The Balaban J connectivity index is 1.74. The van der Waals surface area contributed by atoms with Gasteiger partial charge in [-0.3, -0.25) is 4.79 Å². The highest BCUT2D eigenvalue weighted by molar-refractivity contribution is 7.15. The third kappa shape index (κ3) is 3.16. The Morgan fingerprint density at radius 3 is 2.76 bits per heavy atom. The van der Waals surface area contributed by atoms with Crippen molar-refractivity contribution in [3.05, 3.63) is 46.5 Å². The molecule has 0 radical (unpaired) electrons. The largest absolute Gasteiger partial charge is 0.301 e. The van der Waals surface area contributed by atoms with Crippen LogP contribution in [-0.2, 0) is 17.6 Å². The first-order chi connectivity index (χ1) is 10.3. The van der Waals surface area contributed by atoms with Crippen LogP contribution in [0.15, 0.2) is 30.3 Å². The minimum absolute atomic E-state index is 0.0507. The van der Waals surface area contributed by atoms with E-state index in [0.29, 0.717) is 0 Å². The Morgan fingerprint density at radius 1 is 1.29 bits per heavy atom. The van der Waals surface area contributed by atoms with Crippen LogP contribution in [0.5, 0.6) is 0 Å². The summed E-state index contributed by atoms with van der Waals surface area (Å²) in [5, 5.41) is 3.78.